The molecule has 2 heteroatoms. The molecule has 2 rings (SSSR count). The Balaban J connectivity index is 1.87. The van der Waals surface area contributed by atoms with Crippen molar-refractivity contribution >= 4 is 0 Å². The highest BCUT2D eigenvalue weighted by Gasteiger charge is 2.19. The van der Waals surface area contributed by atoms with E-state index >= 15 is 0 Å². The monoisotopic (exact) mass is 246 g/mol. The quantitative estimate of drug-likeness (QED) is 0.859. The third-order valence-electron chi connectivity index (χ3n) is 4.07. The average molecular weight is 246 g/mol. The Morgan fingerprint density at radius 1 is 1.33 bits per heavy atom. The lowest BCUT2D eigenvalue weighted by Crippen LogP contribution is -2.26. The van der Waals surface area contributed by atoms with Crippen LogP contribution in [0.2, 0.25) is 0 Å². The van der Waals surface area contributed by atoms with Crippen LogP contribution in [0.4, 0.5) is 0 Å². The Bertz CT molecular complexity index is 358. The van der Waals surface area contributed by atoms with Crippen LogP contribution in [0, 0.1) is 12.8 Å². The van der Waals surface area contributed by atoms with Crippen molar-refractivity contribution in [2.75, 3.05) is 26.7 Å². The van der Waals surface area contributed by atoms with Crippen molar-refractivity contribution in [2.24, 2.45) is 5.92 Å². The van der Waals surface area contributed by atoms with Crippen molar-refractivity contribution in [3.63, 3.8) is 0 Å². The molecule has 0 amide bonds. The molecule has 1 aromatic carbocycles. The van der Waals surface area contributed by atoms with E-state index < -0.39 is 0 Å². The zero-order valence-corrected chi connectivity index (χ0v) is 11.9. The summed E-state index contributed by atoms with van der Waals surface area (Å²) >= 11 is 0. The summed E-state index contributed by atoms with van der Waals surface area (Å²) < 4.78 is 0. The number of rotatable bonds is 5. The van der Waals surface area contributed by atoms with Crippen LogP contribution in [0.15, 0.2) is 24.3 Å². The molecule has 100 valence electrons. The highest BCUT2D eigenvalue weighted by molar-refractivity contribution is 5.24. The van der Waals surface area contributed by atoms with Crippen molar-refractivity contribution in [1.29, 1.82) is 0 Å². The molecule has 1 aliphatic heterocycles. The van der Waals surface area contributed by atoms with E-state index in [2.05, 4.69) is 55.4 Å². The summed E-state index contributed by atoms with van der Waals surface area (Å²) in [5, 5.41) is 3.45. The van der Waals surface area contributed by atoms with E-state index in [-0.39, 0.29) is 0 Å². The Morgan fingerprint density at radius 3 is 2.61 bits per heavy atom. The molecule has 2 unspecified atom stereocenters. The molecule has 1 aromatic rings. The Labute approximate surface area is 111 Å². The standard InChI is InChI=1S/C16H26N2/c1-13-4-6-15(7-5-13)16(17-3)9-11-18-10-8-14(2)12-18/h4-7,14,16-17H,8-12H2,1-3H3. The molecular weight excluding hydrogens is 220 g/mol. The van der Waals surface area contributed by atoms with Crippen molar-refractivity contribution in [2.45, 2.75) is 32.7 Å². The normalized spacial score (nSPS) is 22.3. The van der Waals surface area contributed by atoms with Gasteiger partial charge in [-0.05, 0) is 51.4 Å². The van der Waals surface area contributed by atoms with Crippen molar-refractivity contribution in [3.8, 4) is 0 Å². The molecular formula is C16H26N2. The van der Waals surface area contributed by atoms with E-state index in [4.69, 9.17) is 0 Å². The van der Waals surface area contributed by atoms with E-state index in [9.17, 15) is 0 Å². The summed E-state index contributed by atoms with van der Waals surface area (Å²) in [5.41, 5.74) is 2.75. The minimum atomic E-state index is 0.488. The third kappa shape index (κ3) is 3.56. The number of nitrogens with zero attached hydrogens (tertiary/aromatic N) is 1. The summed E-state index contributed by atoms with van der Waals surface area (Å²) in [6.07, 6.45) is 2.57. The van der Waals surface area contributed by atoms with Crippen molar-refractivity contribution < 1.29 is 0 Å². The van der Waals surface area contributed by atoms with Gasteiger partial charge in [-0.3, -0.25) is 0 Å². The molecule has 18 heavy (non-hydrogen) atoms. The second kappa shape index (κ2) is 6.35. The van der Waals surface area contributed by atoms with E-state index in [1.807, 2.05) is 0 Å². The van der Waals surface area contributed by atoms with Gasteiger partial charge in [0.05, 0.1) is 0 Å². The van der Waals surface area contributed by atoms with Crippen LogP contribution in [0.3, 0.4) is 0 Å². The molecule has 1 heterocycles. The number of hydrogen-bond acceptors (Lipinski definition) is 2. The molecule has 1 fully saturated rings. The maximum absolute atomic E-state index is 3.45. The topological polar surface area (TPSA) is 15.3 Å². The second-order valence-electron chi connectivity index (χ2n) is 5.74. The van der Waals surface area contributed by atoms with Crippen LogP contribution in [0.5, 0.6) is 0 Å². The first-order chi connectivity index (χ1) is 8.69. The van der Waals surface area contributed by atoms with Gasteiger partial charge in [-0.25, -0.2) is 0 Å². The van der Waals surface area contributed by atoms with Crippen molar-refractivity contribution in [3.05, 3.63) is 35.4 Å². The van der Waals surface area contributed by atoms with Crippen LogP contribution in [-0.2, 0) is 0 Å². The van der Waals surface area contributed by atoms with Crippen LogP contribution >= 0.6 is 0 Å². The number of aryl methyl sites for hydroxylation is 1. The maximum Gasteiger partial charge on any atom is 0.0329 e. The van der Waals surface area contributed by atoms with E-state index in [0.29, 0.717) is 6.04 Å². The fraction of sp³-hybridized carbons (Fsp3) is 0.625. The smallest absolute Gasteiger partial charge is 0.0329 e. The fourth-order valence-corrected chi connectivity index (χ4v) is 2.82. The molecule has 0 bridgehead atoms. The summed E-state index contributed by atoms with van der Waals surface area (Å²) in [7, 11) is 2.07. The summed E-state index contributed by atoms with van der Waals surface area (Å²) in [6.45, 7) is 8.28. The van der Waals surface area contributed by atoms with Gasteiger partial charge in [0, 0.05) is 12.6 Å². The lowest BCUT2D eigenvalue weighted by atomic mass is 10.0. The Hall–Kier alpha value is -0.860. The number of likely N-dealkylation sites (tertiary alicyclic amines) is 1. The van der Waals surface area contributed by atoms with Gasteiger partial charge in [0.1, 0.15) is 0 Å². The van der Waals surface area contributed by atoms with Gasteiger partial charge in [0.15, 0.2) is 0 Å². The van der Waals surface area contributed by atoms with Gasteiger partial charge in [0.2, 0.25) is 0 Å². The largest absolute Gasteiger partial charge is 0.313 e. The van der Waals surface area contributed by atoms with Gasteiger partial charge >= 0.3 is 0 Å². The molecule has 1 N–H and O–H groups in total. The molecule has 2 nitrogen and oxygen atoms in total. The van der Waals surface area contributed by atoms with Gasteiger partial charge in [-0.1, -0.05) is 36.8 Å². The fourth-order valence-electron chi connectivity index (χ4n) is 2.82. The SMILES string of the molecule is CNC(CCN1CCC(C)C1)c1ccc(C)cc1. The lowest BCUT2D eigenvalue weighted by molar-refractivity contribution is 0.305. The zero-order chi connectivity index (χ0) is 13.0. The predicted molar refractivity (Wildman–Crippen MR) is 77.8 cm³/mol. The molecule has 0 spiro atoms. The van der Waals surface area contributed by atoms with Crippen LogP contribution in [0.1, 0.15) is 36.9 Å². The highest BCUT2D eigenvalue weighted by atomic mass is 15.1. The van der Waals surface area contributed by atoms with Crippen LogP contribution in [0.25, 0.3) is 0 Å². The molecule has 0 radical (unpaired) electrons. The molecule has 1 saturated heterocycles. The van der Waals surface area contributed by atoms with Gasteiger partial charge in [-0.15, -0.1) is 0 Å². The van der Waals surface area contributed by atoms with Crippen LogP contribution in [-0.4, -0.2) is 31.6 Å². The molecule has 0 aliphatic carbocycles. The highest BCUT2D eigenvalue weighted by Crippen LogP contribution is 2.20. The average Bonchev–Trinajstić information content (AvgIpc) is 2.78. The van der Waals surface area contributed by atoms with Gasteiger partial charge in [-0.2, -0.15) is 0 Å². The Morgan fingerprint density at radius 2 is 2.06 bits per heavy atom. The lowest BCUT2D eigenvalue weighted by Gasteiger charge is -2.21. The minimum Gasteiger partial charge on any atom is -0.313 e. The number of hydrogen-bond donors (Lipinski definition) is 1. The van der Waals surface area contributed by atoms with E-state index in [0.717, 1.165) is 5.92 Å². The molecule has 1 aliphatic rings. The van der Waals surface area contributed by atoms with E-state index in [1.54, 1.807) is 0 Å². The second-order valence-corrected chi connectivity index (χ2v) is 5.74. The first kappa shape index (κ1) is 13.6. The summed E-state index contributed by atoms with van der Waals surface area (Å²) in [5.74, 6) is 0.886. The first-order valence-corrected chi connectivity index (χ1v) is 7.15. The summed E-state index contributed by atoms with van der Waals surface area (Å²) in [6, 6.07) is 9.41. The minimum absolute atomic E-state index is 0.488. The van der Waals surface area contributed by atoms with E-state index in [1.165, 1.54) is 43.6 Å². The third-order valence-corrected chi connectivity index (χ3v) is 4.07. The zero-order valence-electron chi connectivity index (χ0n) is 11.9. The van der Waals surface area contributed by atoms with Gasteiger partial charge in [0.25, 0.3) is 0 Å². The predicted octanol–water partition coefficient (Wildman–Crippen LogP) is 2.99. The van der Waals surface area contributed by atoms with Crippen LogP contribution < -0.4 is 5.32 Å². The number of nitrogens with one attached hydrogen (secondary N) is 1. The number of benzene rings is 1. The summed E-state index contributed by atoms with van der Waals surface area (Å²) in [4.78, 5) is 2.60. The first-order valence-electron chi connectivity index (χ1n) is 7.15. The molecule has 2 atom stereocenters. The maximum atomic E-state index is 3.45. The molecule has 0 aromatic heterocycles. The van der Waals surface area contributed by atoms with Crippen molar-refractivity contribution in [1.82, 2.24) is 10.2 Å². The molecule has 0 saturated carbocycles. The van der Waals surface area contributed by atoms with Gasteiger partial charge < -0.3 is 10.2 Å². The Kier molecular flexibility index (Phi) is 4.79.